The third kappa shape index (κ3) is 3.31. The van der Waals surface area contributed by atoms with Gasteiger partial charge in [0.15, 0.2) is 0 Å². The molecule has 0 N–H and O–H groups in total. The number of rotatable bonds is 1. The normalized spacial score (nSPS) is 9.54. The lowest BCUT2D eigenvalue weighted by Gasteiger charge is -2.01. The van der Waals surface area contributed by atoms with Gasteiger partial charge in [-0.3, -0.25) is 4.90 Å². The van der Waals surface area contributed by atoms with Crippen LogP contribution in [-0.4, -0.2) is 25.5 Å². The Bertz CT molecular complexity index is 328. The van der Waals surface area contributed by atoms with E-state index in [1.165, 1.54) is 5.56 Å². The van der Waals surface area contributed by atoms with E-state index in [0.29, 0.717) is 0 Å². The van der Waals surface area contributed by atoms with Gasteiger partial charge < -0.3 is 0 Å². The molecule has 0 radical (unpaired) electrons. The molecule has 0 unspecified atom stereocenters. The molecule has 1 rings (SSSR count). The maximum absolute atomic E-state index is 3.15. The molecule has 68 valence electrons. The average molecular weight is 173 g/mol. The summed E-state index contributed by atoms with van der Waals surface area (Å²) in [5, 5.41) is 0. The van der Waals surface area contributed by atoms with Gasteiger partial charge in [0.2, 0.25) is 0 Å². The zero-order valence-electron chi connectivity index (χ0n) is 8.46. The Morgan fingerprint density at radius 3 is 2.54 bits per heavy atom. The van der Waals surface area contributed by atoms with Crippen LogP contribution in [0.2, 0.25) is 0 Å². The van der Waals surface area contributed by atoms with Crippen LogP contribution < -0.4 is 0 Å². The molecular formula is C12H15N. The molecule has 1 aromatic carbocycles. The van der Waals surface area contributed by atoms with Gasteiger partial charge in [0.1, 0.15) is 0 Å². The van der Waals surface area contributed by atoms with E-state index in [-0.39, 0.29) is 0 Å². The Morgan fingerprint density at radius 1 is 1.23 bits per heavy atom. The zero-order valence-corrected chi connectivity index (χ0v) is 8.46. The van der Waals surface area contributed by atoms with E-state index < -0.39 is 0 Å². The smallest absolute Gasteiger partial charge is 0.0600 e. The largest absolute Gasteiger partial charge is 0.299 e. The van der Waals surface area contributed by atoms with Crippen molar-refractivity contribution in [3.8, 4) is 11.8 Å². The Balaban J connectivity index is 2.72. The van der Waals surface area contributed by atoms with E-state index >= 15 is 0 Å². The lowest BCUT2D eigenvalue weighted by Crippen LogP contribution is -2.10. The molecule has 0 spiro atoms. The van der Waals surface area contributed by atoms with Gasteiger partial charge in [-0.25, -0.2) is 0 Å². The quantitative estimate of drug-likeness (QED) is 0.586. The van der Waals surface area contributed by atoms with Crippen molar-refractivity contribution in [2.75, 3.05) is 20.6 Å². The maximum atomic E-state index is 3.15. The molecule has 0 fully saturated rings. The molecular weight excluding hydrogens is 158 g/mol. The lowest BCUT2D eigenvalue weighted by atomic mass is 10.1. The van der Waals surface area contributed by atoms with Crippen LogP contribution in [-0.2, 0) is 0 Å². The molecule has 1 aromatic rings. The van der Waals surface area contributed by atoms with Gasteiger partial charge in [-0.05, 0) is 32.6 Å². The molecule has 0 aromatic heterocycles. The van der Waals surface area contributed by atoms with Gasteiger partial charge in [0.05, 0.1) is 6.54 Å². The second-order valence-electron chi connectivity index (χ2n) is 3.35. The van der Waals surface area contributed by atoms with Crippen molar-refractivity contribution < 1.29 is 0 Å². The molecule has 1 nitrogen and oxygen atoms in total. The van der Waals surface area contributed by atoms with Crippen LogP contribution in [0.4, 0.5) is 0 Å². The van der Waals surface area contributed by atoms with Gasteiger partial charge in [-0.2, -0.15) is 0 Å². The van der Waals surface area contributed by atoms with E-state index in [9.17, 15) is 0 Å². The van der Waals surface area contributed by atoms with Gasteiger partial charge in [-0.1, -0.05) is 30.0 Å². The van der Waals surface area contributed by atoms with Crippen LogP contribution in [0.15, 0.2) is 24.3 Å². The van der Waals surface area contributed by atoms with Crippen LogP contribution in [0, 0.1) is 18.8 Å². The standard InChI is InChI=1S/C12H15N/c1-11-7-4-5-8-12(11)9-6-10-13(2)3/h4-5,7-8H,10H2,1-3H3. The van der Waals surface area contributed by atoms with Crippen LogP contribution in [0.1, 0.15) is 11.1 Å². The Morgan fingerprint density at radius 2 is 1.92 bits per heavy atom. The van der Waals surface area contributed by atoms with Gasteiger partial charge >= 0.3 is 0 Å². The SMILES string of the molecule is Cc1ccccc1C#CCN(C)C. The molecule has 0 saturated heterocycles. The summed E-state index contributed by atoms with van der Waals surface area (Å²) in [5.74, 6) is 6.27. The monoisotopic (exact) mass is 173 g/mol. The zero-order chi connectivity index (χ0) is 9.68. The summed E-state index contributed by atoms with van der Waals surface area (Å²) >= 11 is 0. The summed E-state index contributed by atoms with van der Waals surface area (Å²) in [7, 11) is 4.04. The van der Waals surface area contributed by atoms with E-state index in [1.54, 1.807) is 0 Å². The minimum absolute atomic E-state index is 0.814. The fraction of sp³-hybridized carbons (Fsp3) is 0.333. The molecule has 0 heterocycles. The number of aryl methyl sites for hydroxylation is 1. The first-order valence-electron chi connectivity index (χ1n) is 4.39. The fourth-order valence-corrected chi connectivity index (χ4v) is 1.01. The van der Waals surface area contributed by atoms with E-state index in [2.05, 4.69) is 35.8 Å². The lowest BCUT2D eigenvalue weighted by molar-refractivity contribution is 0.464. The van der Waals surface area contributed by atoms with Crippen molar-refractivity contribution in [1.82, 2.24) is 4.90 Å². The van der Waals surface area contributed by atoms with Crippen molar-refractivity contribution in [2.45, 2.75) is 6.92 Å². The molecule has 13 heavy (non-hydrogen) atoms. The Labute approximate surface area is 80.4 Å². The third-order valence-corrected chi connectivity index (χ3v) is 1.76. The number of benzene rings is 1. The molecule has 1 heteroatoms. The predicted molar refractivity (Wildman–Crippen MR) is 56.6 cm³/mol. The number of hydrogen-bond donors (Lipinski definition) is 0. The van der Waals surface area contributed by atoms with Gasteiger partial charge in [0.25, 0.3) is 0 Å². The number of nitrogens with zero attached hydrogens (tertiary/aromatic N) is 1. The first-order chi connectivity index (χ1) is 6.20. The molecule has 0 aliphatic carbocycles. The molecule has 0 bridgehead atoms. The summed E-state index contributed by atoms with van der Waals surface area (Å²) in [6, 6.07) is 8.19. The summed E-state index contributed by atoms with van der Waals surface area (Å²) in [5.41, 5.74) is 2.37. The van der Waals surface area contributed by atoms with Crippen molar-refractivity contribution in [3.63, 3.8) is 0 Å². The van der Waals surface area contributed by atoms with Crippen molar-refractivity contribution in [1.29, 1.82) is 0 Å². The van der Waals surface area contributed by atoms with Crippen LogP contribution >= 0.6 is 0 Å². The summed E-state index contributed by atoms with van der Waals surface area (Å²) in [6.07, 6.45) is 0. The highest BCUT2D eigenvalue weighted by atomic mass is 15.0. The minimum Gasteiger partial charge on any atom is -0.299 e. The molecule has 0 saturated carbocycles. The second kappa shape index (κ2) is 4.69. The average Bonchev–Trinajstić information content (AvgIpc) is 2.08. The maximum Gasteiger partial charge on any atom is 0.0600 e. The summed E-state index contributed by atoms with van der Waals surface area (Å²) in [4.78, 5) is 2.06. The van der Waals surface area contributed by atoms with Crippen LogP contribution in [0.3, 0.4) is 0 Å². The molecule has 0 amide bonds. The van der Waals surface area contributed by atoms with E-state index in [4.69, 9.17) is 0 Å². The highest BCUT2D eigenvalue weighted by Crippen LogP contribution is 2.03. The predicted octanol–water partition coefficient (Wildman–Crippen LogP) is 1.91. The van der Waals surface area contributed by atoms with Crippen molar-refractivity contribution in [2.24, 2.45) is 0 Å². The first-order valence-corrected chi connectivity index (χ1v) is 4.39. The van der Waals surface area contributed by atoms with Crippen LogP contribution in [0.5, 0.6) is 0 Å². The Kier molecular flexibility index (Phi) is 3.54. The van der Waals surface area contributed by atoms with E-state index in [0.717, 1.165) is 12.1 Å². The van der Waals surface area contributed by atoms with E-state index in [1.807, 2.05) is 26.2 Å². The second-order valence-corrected chi connectivity index (χ2v) is 3.35. The van der Waals surface area contributed by atoms with Crippen molar-refractivity contribution in [3.05, 3.63) is 35.4 Å². The van der Waals surface area contributed by atoms with Gasteiger partial charge in [0, 0.05) is 5.56 Å². The molecule has 0 aliphatic rings. The summed E-state index contributed by atoms with van der Waals surface area (Å²) < 4.78 is 0. The third-order valence-electron chi connectivity index (χ3n) is 1.76. The highest BCUT2D eigenvalue weighted by Gasteiger charge is 1.89. The first kappa shape index (κ1) is 9.83. The van der Waals surface area contributed by atoms with Crippen LogP contribution in [0.25, 0.3) is 0 Å². The highest BCUT2D eigenvalue weighted by molar-refractivity contribution is 5.40. The minimum atomic E-state index is 0.814. The van der Waals surface area contributed by atoms with Crippen molar-refractivity contribution >= 4 is 0 Å². The Hall–Kier alpha value is -1.26. The summed E-state index contributed by atoms with van der Waals surface area (Å²) in [6.45, 7) is 2.90. The number of hydrogen-bond acceptors (Lipinski definition) is 1. The topological polar surface area (TPSA) is 3.24 Å². The van der Waals surface area contributed by atoms with Gasteiger partial charge in [-0.15, -0.1) is 0 Å². The molecule has 0 aliphatic heterocycles. The fourth-order valence-electron chi connectivity index (χ4n) is 1.01. The molecule has 0 atom stereocenters.